The number of amides is 1. The highest BCUT2D eigenvalue weighted by molar-refractivity contribution is 7.10. The van der Waals surface area contributed by atoms with Crippen molar-refractivity contribution in [2.45, 2.75) is 32.1 Å². The normalized spacial score (nSPS) is 23.0. The Morgan fingerprint density at radius 2 is 2.00 bits per heavy atom. The highest BCUT2D eigenvalue weighted by Crippen LogP contribution is 2.34. The van der Waals surface area contributed by atoms with Crippen LogP contribution >= 0.6 is 11.3 Å². The molecule has 0 saturated carbocycles. The van der Waals surface area contributed by atoms with Gasteiger partial charge in [-0.25, -0.2) is 0 Å². The van der Waals surface area contributed by atoms with Crippen molar-refractivity contribution in [2.24, 2.45) is 0 Å². The Balaban J connectivity index is 1.54. The monoisotopic (exact) mass is 315 g/mol. The van der Waals surface area contributed by atoms with Gasteiger partial charge in [0.25, 0.3) is 5.91 Å². The number of nitrogens with zero attached hydrogens (tertiary/aromatic N) is 1. The summed E-state index contributed by atoms with van der Waals surface area (Å²) in [5.41, 5.74) is 1.26. The molecule has 0 bridgehead atoms. The average molecular weight is 315 g/mol. The molecule has 0 fully saturated rings. The van der Waals surface area contributed by atoms with Gasteiger partial charge in [0.2, 0.25) is 6.10 Å². The number of carbonyl (C=O) groups excluding carboxylic acids is 1. The summed E-state index contributed by atoms with van der Waals surface area (Å²) in [5, 5.41) is 2.09. The van der Waals surface area contributed by atoms with E-state index < -0.39 is 6.10 Å². The SMILES string of the molecule is C[C@@H]1Oc2ccccc2O[C@H]1C(=O)N1CCc2sccc2C1. The summed E-state index contributed by atoms with van der Waals surface area (Å²) in [5.74, 6) is 1.36. The van der Waals surface area contributed by atoms with Crippen LogP contribution in [0.5, 0.6) is 11.5 Å². The molecule has 2 aliphatic rings. The second kappa shape index (κ2) is 5.32. The van der Waals surface area contributed by atoms with Gasteiger partial charge in [-0.2, -0.15) is 0 Å². The van der Waals surface area contributed by atoms with Gasteiger partial charge in [-0.3, -0.25) is 4.79 Å². The predicted molar refractivity (Wildman–Crippen MR) is 84.4 cm³/mol. The van der Waals surface area contributed by atoms with Crippen LogP contribution in [0.4, 0.5) is 0 Å². The molecule has 0 radical (unpaired) electrons. The van der Waals surface area contributed by atoms with Gasteiger partial charge in [0.15, 0.2) is 11.5 Å². The number of hydrogen-bond acceptors (Lipinski definition) is 4. The Kier molecular flexibility index (Phi) is 3.30. The minimum Gasteiger partial charge on any atom is -0.482 e. The molecule has 0 spiro atoms. The molecule has 1 aromatic carbocycles. The lowest BCUT2D eigenvalue weighted by Gasteiger charge is -2.35. The average Bonchev–Trinajstić information content (AvgIpc) is 3.01. The fourth-order valence-electron chi connectivity index (χ4n) is 3.01. The topological polar surface area (TPSA) is 38.8 Å². The first-order valence-electron chi connectivity index (χ1n) is 7.49. The Morgan fingerprint density at radius 3 is 2.82 bits per heavy atom. The third-order valence-electron chi connectivity index (χ3n) is 4.21. The van der Waals surface area contributed by atoms with Crippen molar-refractivity contribution in [2.75, 3.05) is 6.54 Å². The lowest BCUT2D eigenvalue weighted by molar-refractivity contribution is -0.145. The van der Waals surface area contributed by atoms with Crippen molar-refractivity contribution in [3.63, 3.8) is 0 Å². The molecular weight excluding hydrogens is 298 g/mol. The fourth-order valence-corrected chi connectivity index (χ4v) is 3.90. The van der Waals surface area contributed by atoms with Gasteiger partial charge in [0.05, 0.1) is 0 Å². The molecule has 2 aliphatic heterocycles. The molecule has 4 nitrogen and oxygen atoms in total. The summed E-state index contributed by atoms with van der Waals surface area (Å²) in [6, 6.07) is 9.61. The Hall–Kier alpha value is -2.01. The smallest absolute Gasteiger partial charge is 0.267 e. The fraction of sp³-hybridized carbons (Fsp3) is 0.353. The van der Waals surface area contributed by atoms with Crippen LogP contribution in [0.3, 0.4) is 0 Å². The molecule has 2 aromatic rings. The van der Waals surface area contributed by atoms with Crippen molar-refractivity contribution in [3.8, 4) is 11.5 Å². The number of para-hydroxylation sites is 2. The summed E-state index contributed by atoms with van der Waals surface area (Å²) in [4.78, 5) is 16.1. The summed E-state index contributed by atoms with van der Waals surface area (Å²) in [6.07, 6.45) is 0.0680. The summed E-state index contributed by atoms with van der Waals surface area (Å²) < 4.78 is 11.8. The maximum absolute atomic E-state index is 12.8. The molecule has 0 N–H and O–H groups in total. The van der Waals surface area contributed by atoms with Crippen LogP contribution in [0.1, 0.15) is 17.4 Å². The van der Waals surface area contributed by atoms with Gasteiger partial charge in [0, 0.05) is 18.0 Å². The zero-order valence-electron chi connectivity index (χ0n) is 12.3. The minimum atomic E-state index is -0.574. The van der Waals surface area contributed by atoms with Crippen molar-refractivity contribution in [3.05, 3.63) is 46.2 Å². The lowest BCUT2D eigenvalue weighted by Crippen LogP contribution is -2.51. The van der Waals surface area contributed by atoms with E-state index in [0.29, 0.717) is 18.0 Å². The number of benzene rings is 1. The number of ether oxygens (including phenoxy) is 2. The van der Waals surface area contributed by atoms with Crippen molar-refractivity contribution < 1.29 is 14.3 Å². The number of carbonyl (C=O) groups is 1. The zero-order chi connectivity index (χ0) is 15.1. The first kappa shape index (κ1) is 13.6. The second-order valence-corrected chi connectivity index (χ2v) is 6.69. The van der Waals surface area contributed by atoms with Crippen molar-refractivity contribution in [1.29, 1.82) is 0 Å². The molecule has 1 amide bonds. The quantitative estimate of drug-likeness (QED) is 0.812. The van der Waals surface area contributed by atoms with Gasteiger partial charge in [-0.15, -0.1) is 11.3 Å². The predicted octanol–water partition coefficient (Wildman–Crippen LogP) is 2.86. The third-order valence-corrected chi connectivity index (χ3v) is 5.23. The Bertz CT molecular complexity index is 711. The van der Waals surface area contributed by atoms with E-state index in [1.165, 1.54) is 10.4 Å². The van der Waals surface area contributed by atoms with E-state index in [4.69, 9.17) is 9.47 Å². The highest BCUT2D eigenvalue weighted by atomic mass is 32.1. The summed E-state index contributed by atoms with van der Waals surface area (Å²) >= 11 is 1.77. The van der Waals surface area contributed by atoms with Gasteiger partial charge < -0.3 is 14.4 Å². The van der Waals surface area contributed by atoms with Crippen LogP contribution in [0, 0.1) is 0 Å². The van der Waals surface area contributed by atoms with Crippen LogP contribution in [-0.2, 0) is 17.8 Å². The van der Waals surface area contributed by atoms with E-state index in [2.05, 4.69) is 11.4 Å². The highest BCUT2D eigenvalue weighted by Gasteiger charge is 2.37. The molecule has 4 rings (SSSR count). The van der Waals surface area contributed by atoms with Gasteiger partial charge in [-0.1, -0.05) is 12.1 Å². The largest absolute Gasteiger partial charge is 0.482 e. The molecule has 114 valence electrons. The lowest BCUT2D eigenvalue weighted by atomic mass is 10.1. The van der Waals surface area contributed by atoms with Gasteiger partial charge in [-0.05, 0) is 42.5 Å². The van der Waals surface area contributed by atoms with E-state index >= 15 is 0 Å². The van der Waals surface area contributed by atoms with E-state index in [9.17, 15) is 4.79 Å². The maximum Gasteiger partial charge on any atom is 0.267 e. The van der Waals surface area contributed by atoms with E-state index in [1.54, 1.807) is 11.3 Å². The van der Waals surface area contributed by atoms with E-state index in [-0.39, 0.29) is 12.0 Å². The number of fused-ring (bicyclic) bond motifs is 2. The Labute approximate surface area is 133 Å². The molecule has 2 atom stereocenters. The van der Waals surface area contributed by atoms with Crippen LogP contribution in [0.15, 0.2) is 35.7 Å². The Morgan fingerprint density at radius 1 is 1.23 bits per heavy atom. The molecule has 0 unspecified atom stereocenters. The maximum atomic E-state index is 12.8. The third kappa shape index (κ3) is 2.25. The van der Waals surface area contributed by atoms with Crippen molar-refractivity contribution >= 4 is 17.2 Å². The number of thiophene rings is 1. The van der Waals surface area contributed by atoms with Crippen LogP contribution in [0.2, 0.25) is 0 Å². The molecule has 3 heterocycles. The first-order valence-corrected chi connectivity index (χ1v) is 8.37. The number of rotatable bonds is 1. The van der Waals surface area contributed by atoms with Crippen LogP contribution < -0.4 is 9.47 Å². The molecule has 1 aromatic heterocycles. The molecule has 5 heteroatoms. The number of hydrogen-bond donors (Lipinski definition) is 0. The van der Waals surface area contributed by atoms with Gasteiger partial charge >= 0.3 is 0 Å². The molecular formula is C17H17NO3S. The first-order chi connectivity index (χ1) is 10.7. The van der Waals surface area contributed by atoms with Crippen molar-refractivity contribution in [1.82, 2.24) is 4.90 Å². The van der Waals surface area contributed by atoms with Crippen LogP contribution in [0.25, 0.3) is 0 Å². The summed E-state index contributed by atoms with van der Waals surface area (Å²) in [7, 11) is 0. The molecule has 0 saturated heterocycles. The van der Waals surface area contributed by atoms with E-state index in [0.717, 1.165) is 13.0 Å². The van der Waals surface area contributed by atoms with E-state index in [1.807, 2.05) is 36.1 Å². The van der Waals surface area contributed by atoms with Crippen LogP contribution in [-0.4, -0.2) is 29.6 Å². The minimum absolute atomic E-state index is 0.0128. The second-order valence-electron chi connectivity index (χ2n) is 5.69. The zero-order valence-corrected chi connectivity index (χ0v) is 13.1. The molecule has 22 heavy (non-hydrogen) atoms. The standard InChI is InChI=1S/C17H17NO3S/c1-11-16(21-14-5-3-2-4-13(14)20-11)17(19)18-8-6-15-12(10-18)7-9-22-15/h2-5,7,9,11,16H,6,8,10H2,1H3/t11-,16+/m0/s1. The summed E-state index contributed by atoms with van der Waals surface area (Å²) in [6.45, 7) is 3.31. The van der Waals surface area contributed by atoms with Gasteiger partial charge in [0.1, 0.15) is 6.10 Å². The molecule has 0 aliphatic carbocycles.